The van der Waals surface area contributed by atoms with Crippen molar-refractivity contribution in [3.05, 3.63) is 29.6 Å². The summed E-state index contributed by atoms with van der Waals surface area (Å²) in [7, 11) is 1.34. The van der Waals surface area contributed by atoms with Gasteiger partial charge < -0.3 is 10.1 Å². The minimum Gasteiger partial charge on any atom is -0.494 e. The van der Waals surface area contributed by atoms with Crippen molar-refractivity contribution in [1.82, 2.24) is 10.2 Å². The Balaban J connectivity index is 0.00000264. The van der Waals surface area contributed by atoms with Crippen molar-refractivity contribution < 1.29 is 22.3 Å². The number of alkyl halides is 3. The molecule has 1 aliphatic heterocycles. The summed E-state index contributed by atoms with van der Waals surface area (Å²) in [5, 5.41) is 3.18. The van der Waals surface area contributed by atoms with Crippen LogP contribution in [0.2, 0.25) is 0 Å². The third-order valence-corrected chi connectivity index (χ3v) is 3.85. The lowest BCUT2D eigenvalue weighted by atomic mass is 9.99. The molecule has 0 aliphatic carbocycles. The van der Waals surface area contributed by atoms with Crippen molar-refractivity contribution in [2.45, 2.75) is 25.1 Å². The van der Waals surface area contributed by atoms with Crippen LogP contribution in [0.25, 0.3) is 0 Å². The second-order valence-corrected chi connectivity index (χ2v) is 5.35. The van der Waals surface area contributed by atoms with Gasteiger partial charge in [-0.3, -0.25) is 4.90 Å². The predicted molar refractivity (Wildman–Crippen MR) is 89.9 cm³/mol. The van der Waals surface area contributed by atoms with Gasteiger partial charge in [-0.15, -0.1) is 24.8 Å². The van der Waals surface area contributed by atoms with Crippen LogP contribution in [0.15, 0.2) is 18.2 Å². The molecule has 1 atom stereocenters. The van der Waals surface area contributed by atoms with Gasteiger partial charge in [-0.05, 0) is 24.1 Å². The molecule has 0 spiro atoms. The third kappa shape index (κ3) is 6.63. The van der Waals surface area contributed by atoms with Gasteiger partial charge in [0.15, 0.2) is 11.6 Å². The molecule has 0 bridgehead atoms. The van der Waals surface area contributed by atoms with Crippen molar-refractivity contribution >= 4 is 24.8 Å². The second kappa shape index (κ2) is 10.3. The van der Waals surface area contributed by atoms with E-state index >= 15 is 0 Å². The Morgan fingerprint density at radius 1 is 1.21 bits per heavy atom. The first-order valence-electron chi connectivity index (χ1n) is 7.25. The highest BCUT2D eigenvalue weighted by atomic mass is 35.5. The SMILES string of the molecule is COc1cc([C@H](CCC(F)(F)F)N2CCNCC2)ccc1F.Cl.Cl. The maximum Gasteiger partial charge on any atom is 0.389 e. The zero-order valence-electron chi connectivity index (χ0n) is 13.2. The minimum absolute atomic E-state index is 0. The van der Waals surface area contributed by atoms with Crippen molar-refractivity contribution in [1.29, 1.82) is 0 Å². The first-order chi connectivity index (χ1) is 10.4. The quantitative estimate of drug-likeness (QED) is 0.767. The van der Waals surface area contributed by atoms with Crippen LogP contribution in [-0.4, -0.2) is 44.4 Å². The highest BCUT2D eigenvalue weighted by Crippen LogP contribution is 2.33. The maximum atomic E-state index is 13.5. The summed E-state index contributed by atoms with van der Waals surface area (Å²) in [4.78, 5) is 2.01. The average Bonchev–Trinajstić information content (AvgIpc) is 2.49. The lowest BCUT2D eigenvalue weighted by Crippen LogP contribution is -2.45. The second-order valence-electron chi connectivity index (χ2n) is 5.35. The molecule has 3 nitrogen and oxygen atoms in total. The molecule has 1 saturated heterocycles. The standard InChI is InChI=1S/C15H20F4N2O.2ClH/c1-22-14-10-11(2-3-12(14)16)13(4-5-15(17,18)19)21-8-6-20-7-9-21;;/h2-3,10,13,20H,4-9H2,1H3;2*1H/t13-;;/m0../s1. The summed E-state index contributed by atoms with van der Waals surface area (Å²) in [6.45, 7) is 2.81. The highest BCUT2D eigenvalue weighted by molar-refractivity contribution is 5.85. The Bertz CT molecular complexity index is 497. The normalized spacial score (nSPS) is 16.7. The predicted octanol–water partition coefficient (Wildman–Crippen LogP) is 3.97. The number of nitrogens with one attached hydrogen (secondary N) is 1. The maximum absolute atomic E-state index is 13.5. The van der Waals surface area contributed by atoms with E-state index in [4.69, 9.17) is 4.74 Å². The van der Waals surface area contributed by atoms with E-state index in [2.05, 4.69) is 5.32 Å². The average molecular weight is 393 g/mol. The number of hydrogen-bond acceptors (Lipinski definition) is 3. The van der Waals surface area contributed by atoms with Crippen molar-refractivity contribution in [2.75, 3.05) is 33.3 Å². The number of ether oxygens (including phenoxy) is 1. The number of halogens is 6. The van der Waals surface area contributed by atoms with Crippen molar-refractivity contribution in [3.8, 4) is 5.75 Å². The van der Waals surface area contributed by atoms with Gasteiger partial charge in [-0.2, -0.15) is 13.2 Å². The van der Waals surface area contributed by atoms with Crippen LogP contribution in [0.3, 0.4) is 0 Å². The first-order valence-corrected chi connectivity index (χ1v) is 7.25. The van der Waals surface area contributed by atoms with Crippen LogP contribution < -0.4 is 10.1 Å². The van der Waals surface area contributed by atoms with Crippen LogP contribution in [0.4, 0.5) is 17.6 Å². The molecule has 1 aromatic rings. The number of piperazine rings is 1. The molecule has 0 radical (unpaired) electrons. The van der Waals surface area contributed by atoms with E-state index in [9.17, 15) is 17.6 Å². The molecule has 1 N–H and O–H groups in total. The van der Waals surface area contributed by atoms with Gasteiger partial charge in [-0.25, -0.2) is 4.39 Å². The van der Waals surface area contributed by atoms with Crippen LogP contribution >= 0.6 is 24.8 Å². The van der Waals surface area contributed by atoms with Crippen molar-refractivity contribution in [2.24, 2.45) is 0 Å². The Labute approximate surface area is 151 Å². The van der Waals surface area contributed by atoms with Gasteiger partial charge in [0.1, 0.15) is 0 Å². The Morgan fingerprint density at radius 3 is 2.38 bits per heavy atom. The number of methoxy groups -OCH3 is 1. The fourth-order valence-corrected chi connectivity index (χ4v) is 2.74. The Kier molecular flexibility index (Phi) is 9.96. The molecule has 1 heterocycles. The van der Waals surface area contributed by atoms with E-state index in [1.807, 2.05) is 4.90 Å². The molecule has 0 amide bonds. The third-order valence-electron chi connectivity index (χ3n) is 3.85. The lowest BCUT2D eigenvalue weighted by Gasteiger charge is -2.35. The topological polar surface area (TPSA) is 24.5 Å². The van der Waals surface area contributed by atoms with E-state index in [0.29, 0.717) is 18.7 Å². The van der Waals surface area contributed by atoms with Crippen LogP contribution in [0, 0.1) is 5.82 Å². The Morgan fingerprint density at radius 2 is 1.83 bits per heavy atom. The van der Waals surface area contributed by atoms with Gasteiger partial charge in [0.2, 0.25) is 0 Å². The van der Waals surface area contributed by atoms with Crippen LogP contribution in [0.1, 0.15) is 24.4 Å². The Hall–Kier alpha value is -0.760. The van der Waals surface area contributed by atoms with Crippen LogP contribution in [-0.2, 0) is 0 Å². The zero-order valence-corrected chi connectivity index (χ0v) is 14.9. The molecular weight excluding hydrogens is 371 g/mol. The molecule has 1 fully saturated rings. The van der Waals surface area contributed by atoms with E-state index in [-0.39, 0.29) is 37.0 Å². The molecule has 0 saturated carbocycles. The fourth-order valence-electron chi connectivity index (χ4n) is 2.74. The van der Waals surface area contributed by atoms with Gasteiger partial charge in [-0.1, -0.05) is 6.07 Å². The van der Waals surface area contributed by atoms with Gasteiger partial charge in [0.25, 0.3) is 0 Å². The molecule has 9 heteroatoms. The number of nitrogens with zero attached hydrogens (tertiary/aromatic N) is 1. The number of rotatable bonds is 5. The first kappa shape index (κ1) is 23.2. The summed E-state index contributed by atoms with van der Waals surface area (Å²) >= 11 is 0. The zero-order chi connectivity index (χ0) is 16.2. The summed E-state index contributed by atoms with van der Waals surface area (Å²) in [6, 6.07) is 3.90. The molecule has 2 rings (SSSR count). The molecular formula is C15H22Cl2F4N2O. The van der Waals surface area contributed by atoms with E-state index < -0.39 is 24.5 Å². The van der Waals surface area contributed by atoms with Crippen LogP contribution in [0.5, 0.6) is 5.75 Å². The van der Waals surface area contributed by atoms with E-state index in [1.165, 1.54) is 19.2 Å². The lowest BCUT2D eigenvalue weighted by molar-refractivity contribution is -0.138. The monoisotopic (exact) mass is 392 g/mol. The van der Waals surface area contributed by atoms with E-state index in [0.717, 1.165) is 13.1 Å². The minimum atomic E-state index is -4.20. The van der Waals surface area contributed by atoms with Gasteiger partial charge in [0.05, 0.1) is 7.11 Å². The largest absolute Gasteiger partial charge is 0.494 e. The van der Waals surface area contributed by atoms with Gasteiger partial charge in [0, 0.05) is 38.6 Å². The smallest absolute Gasteiger partial charge is 0.389 e. The molecule has 0 unspecified atom stereocenters. The summed E-state index contributed by atoms with van der Waals surface area (Å²) < 4.78 is 56.2. The molecule has 24 heavy (non-hydrogen) atoms. The van der Waals surface area contributed by atoms with E-state index in [1.54, 1.807) is 6.07 Å². The number of benzene rings is 1. The van der Waals surface area contributed by atoms with Gasteiger partial charge >= 0.3 is 6.18 Å². The molecule has 1 aliphatic rings. The van der Waals surface area contributed by atoms with Crippen molar-refractivity contribution in [3.63, 3.8) is 0 Å². The fraction of sp³-hybridized carbons (Fsp3) is 0.600. The summed E-state index contributed by atoms with van der Waals surface area (Å²) in [5.74, 6) is -0.453. The molecule has 0 aromatic heterocycles. The number of hydrogen-bond donors (Lipinski definition) is 1. The summed E-state index contributed by atoms with van der Waals surface area (Å²) in [6.07, 6.45) is -5.10. The molecule has 140 valence electrons. The molecule has 1 aromatic carbocycles. The highest BCUT2D eigenvalue weighted by Gasteiger charge is 2.31. The summed E-state index contributed by atoms with van der Waals surface area (Å²) in [5.41, 5.74) is 0.657.